The Kier molecular flexibility index (Phi) is 3.75. The number of hydrogen-bond donors (Lipinski definition) is 1. The Morgan fingerprint density at radius 2 is 2.00 bits per heavy atom. The number of rotatable bonds is 3. The summed E-state index contributed by atoms with van der Waals surface area (Å²) in [5, 5.41) is 4.09. The quantitative estimate of drug-likeness (QED) is 0.752. The second-order valence-electron chi connectivity index (χ2n) is 6.62. The van der Waals surface area contributed by atoms with Crippen molar-refractivity contribution in [3.8, 4) is 0 Å². The average molecular weight is 384 g/mol. The third-order valence-electron chi connectivity index (χ3n) is 4.67. The number of carbonyl (C=O) groups excluding carboxylic acids is 2. The highest BCUT2D eigenvalue weighted by Gasteiger charge is 2.31. The molecule has 5 rings (SSSR count). The fraction of sp³-hybridized carbons (Fsp3) is 0.333. The van der Waals surface area contributed by atoms with Crippen LogP contribution in [0.2, 0.25) is 0 Å². The van der Waals surface area contributed by atoms with Crippen LogP contribution in [0.3, 0.4) is 0 Å². The first-order chi connectivity index (χ1) is 12.7. The Balaban J connectivity index is 1.33. The molecule has 3 aromatic rings. The van der Waals surface area contributed by atoms with Gasteiger partial charge in [-0.1, -0.05) is 23.5 Å². The number of fused-ring (bicyclic) bond motifs is 2. The third kappa shape index (κ3) is 2.89. The molecule has 0 radical (unpaired) electrons. The summed E-state index contributed by atoms with van der Waals surface area (Å²) in [6, 6.07) is 7.79. The number of aromatic nitrogens is 2. The monoisotopic (exact) mass is 384 g/mol. The van der Waals surface area contributed by atoms with Gasteiger partial charge in [0.1, 0.15) is 0 Å². The first kappa shape index (κ1) is 15.9. The summed E-state index contributed by atoms with van der Waals surface area (Å²) in [6.45, 7) is 1.16. The summed E-state index contributed by atoms with van der Waals surface area (Å²) in [5.41, 5.74) is 1.86. The van der Waals surface area contributed by atoms with E-state index < -0.39 is 0 Å². The first-order valence-electron chi connectivity index (χ1n) is 8.61. The topological polar surface area (TPSA) is 75.2 Å². The Labute approximate surface area is 157 Å². The summed E-state index contributed by atoms with van der Waals surface area (Å²) in [6.07, 6.45) is 2.66. The van der Waals surface area contributed by atoms with Crippen molar-refractivity contribution >= 4 is 49.8 Å². The molecular formula is C18H16N4O2S2. The first-order valence-corrected chi connectivity index (χ1v) is 10.2. The summed E-state index contributed by atoms with van der Waals surface area (Å²) >= 11 is 2.91. The highest BCUT2D eigenvalue weighted by molar-refractivity contribution is 7.20. The lowest BCUT2D eigenvalue weighted by atomic mass is 10.2. The van der Waals surface area contributed by atoms with Gasteiger partial charge >= 0.3 is 0 Å². The van der Waals surface area contributed by atoms with Crippen LogP contribution in [-0.2, 0) is 17.8 Å². The van der Waals surface area contributed by atoms with Crippen LogP contribution in [0.5, 0.6) is 0 Å². The molecule has 26 heavy (non-hydrogen) atoms. The maximum absolute atomic E-state index is 12.8. The maximum Gasteiger partial charge on any atom is 0.283 e. The number of nitrogens with zero attached hydrogens (tertiary/aromatic N) is 3. The average Bonchev–Trinajstić information content (AvgIpc) is 3.29. The number of nitrogens with one attached hydrogen (secondary N) is 1. The molecule has 1 aliphatic heterocycles. The van der Waals surface area contributed by atoms with E-state index in [1.54, 1.807) is 0 Å². The molecule has 2 aliphatic rings. The van der Waals surface area contributed by atoms with E-state index in [1.165, 1.54) is 22.7 Å². The van der Waals surface area contributed by atoms with Crippen molar-refractivity contribution in [2.75, 3.05) is 11.9 Å². The Morgan fingerprint density at radius 3 is 2.81 bits per heavy atom. The van der Waals surface area contributed by atoms with Crippen molar-refractivity contribution in [1.29, 1.82) is 0 Å². The van der Waals surface area contributed by atoms with Crippen molar-refractivity contribution in [2.24, 2.45) is 5.92 Å². The number of hydrogen-bond acceptors (Lipinski definition) is 6. The van der Waals surface area contributed by atoms with Crippen LogP contribution >= 0.6 is 22.7 Å². The molecule has 1 aromatic carbocycles. The van der Waals surface area contributed by atoms with Gasteiger partial charge in [-0.15, -0.1) is 11.3 Å². The normalized spacial score (nSPS) is 16.5. The minimum Gasteiger partial charge on any atom is -0.331 e. The molecule has 0 unspecified atom stereocenters. The van der Waals surface area contributed by atoms with Crippen molar-refractivity contribution in [2.45, 2.75) is 25.8 Å². The number of carbonyl (C=O) groups is 2. The SMILES string of the molecule is O=C(Nc1nc2c(s1)CN(C(=O)c1nc3ccccc3s1)CC2)C1CC1. The van der Waals surface area contributed by atoms with Gasteiger partial charge in [-0.3, -0.25) is 9.59 Å². The minimum absolute atomic E-state index is 0.0335. The zero-order valence-electron chi connectivity index (χ0n) is 13.9. The van der Waals surface area contributed by atoms with Gasteiger partial charge in [0.25, 0.3) is 5.91 Å². The summed E-state index contributed by atoms with van der Waals surface area (Å²) in [4.78, 5) is 36.7. The number of anilines is 1. The van der Waals surface area contributed by atoms with E-state index in [-0.39, 0.29) is 17.7 Å². The maximum atomic E-state index is 12.8. The van der Waals surface area contributed by atoms with Crippen molar-refractivity contribution in [3.63, 3.8) is 0 Å². The fourth-order valence-corrected chi connectivity index (χ4v) is 5.03. The summed E-state index contributed by atoms with van der Waals surface area (Å²) < 4.78 is 1.02. The molecule has 6 nitrogen and oxygen atoms in total. The molecule has 0 spiro atoms. The molecule has 3 heterocycles. The van der Waals surface area contributed by atoms with Crippen LogP contribution in [0, 0.1) is 5.92 Å². The zero-order valence-corrected chi connectivity index (χ0v) is 15.5. The number of para-hydroxylation sites is 1. The van der Waals surface area contributed by atoms with E-state index in [9.17, 15) is 9.59 Å². The summed E-state index contributed by atoms with van der Waals surface area (Å²) in [5.74, 6) is 0.195. The van der Waals surface area contributed by atoms with E-state index in [0.717, 1.165) is 33.6 Å². The predicted octanol–water partition coefficient (Wildman–Crippen LogP) is 3.30. The highest BCUT2D eigenvalue weighted by Crippen LogP contribution is 2.33. The molecule has 0 saturated heterocycles. The predicted molar refractivity (Wildman–Crippen MR) is 102 cm³/mol. The second kappa shape index (κ2) is 6.14. The van der Waals surface area contributed by atoms with E-state index >= 15 is 0 Å². The molecular weight excluding hydrogens is 368 g/mol. The lowest BCUT2D eigenvalue weighted by Gasteiger charge is -2.25. The minimum atomic E-state index is -0.0335. The van der Waals surface area contributed by atoms with E-state index in [2.05, 4.69) is 15.3 Å². The van der Waals surface area contributed by atoms with Gasteiger partial charge in [-0.25, -0.2) is 9.97 Å². The molecule has 2 aromatic heterocycles. The van der Waals surface area contributed by atoms with Crippen LogP contribution in [0.4, 0.5) is 5.13 Å². The molecule has 1 saturated carbocycles. The van der Waals surface area contributed by atoms with Gasteiger partial charge in [0.15, 0.2) is 10.1 Å². The van der Waals surface area contributed by atoms with Crippen LogP contribution in [0.15, 0.2) is 24.3 Å². The number of benzene rings is 1. The number of amides is 2. The molecule has 8 heteroatoms. The fourth-order valence-electron chi connectivity index (χ4n) is 3.07. The lowest BCUT2D eigenvalue weighted by Crippen LogP contribution is -2.35. The van der Waals surface area contributed by atoms with Gasteiger partial charge in [-0.2, -0.15) is 0 Å². The van der Waals surface area contributed by atoms with Gasteiger partial charge in [0.05, 0.1) is 22.5 Å². The van der Waals surface area contributed by atoms with Gasteiger partial charge in [0.2, 0.25) is 5.91 Å². The van der Waals surface area contributed by atoms with Gasteiger partial charge < -0.3 is 10.2 Å². The van der Waals surface area contributed by atoms with E-state index in [0.29, 0.717) is 29.6 Å². The second-order valence-corrected chi connectivity index (χ2v) is 8.73. The lowest BCUT2D eigenvalue weighted by molar-refractivity contribution is -0.117. The summed E-state index contributed by atoms with van der Waals surface area (Å²) in [7, 11) is 0. The molecule has 1 aliphatic carbocycles. The Morgan fingerprint density at radius 1 is 1.15 bits per heavy atom. The molecule has 0 bridgehead atoms. The molecule has 132 valence electrons. The Bertz CT molecular complexity index is 988. The number of thiazole rings is 2. The van der Waals surface area contributed by atoms with E-state index in [4.69, 9.17) is 0 Å². The van der Waals surface area contributed by atoms with Crippen molar-refractivity contribution in [3.05, 3.63) is 39.8 Å². The molecule has 2 amide bonds. The molecule has 0 atom stereocenters. The Hall–Kier alpha value is -2.32. The largest absolute Gasteiger partial charge is 0.331 e. The van der Waals surface area contributed by atoms with Crippen LogP contribution in [0.25, 0.3) is 10.2 Å². The molecule has 1 fully saturated rings. The smallest absolute Gasteiger partial charge is 0.283 e. The zero-order chi connectivity index (χ0) is 17.7. The van der Waals surface area contributed by atoms with E-state index in [1.807, 2.05) is 29.2 Å². The van der Waals surface area contributed by atoms with Crippen molar-refractivity contribution < 1.29 is 9.59 Å². The highest BCUT2D eigenvalue weighted by atomic mass is 32.1. The van der Waals surface area contributed by atoms with Crippen molar-refractivity contribution in [1.82, 2.24) is 14.9 Å². The van der Waals surface area contributed by atoms with Crippen LogP contribution in [0.1, 0.15) is 33.2 Å². The van der Waals surface area contributed by atoms with Crippen LogP contribution < -0.4 is 5.32 Å². The van der Waals surface area contributed by atoms with Gasteiger partial charge in [-0.05, 0) is 25.0 Å². The van der Waals surface area contributed by atoms with Crippen LogP contribution in [-0.4, -0.2) is 33.2 Å². The molecule has 1 N–H and O–H groups in total. The van der Waals surface area contributed by atoms with Gasteiger partial charge in [0, 0.05) is 23.8 Å². The standard InChI is InChI=1S/C18H16N4O2S2/c23-15(10-5-6-10)21-18-20-12-7-8-22(9-14(12)26-18)17(24)16-19-11-3-1-2-4-13(11)25-16/h1-4,10H,5-9H2,(H,20,21,23). The third-order valence-corrected chi connectivity index (χ3v) is 6.70.